The highest BCUT2D eigenvalue weighted by molar-refractivity contribution is 5.10. The van der Waals surface area contributed by atoms with Gasteiger partial charge in [-0.2, -0.15) is 0 Å². The molecule has 0 fully saturated rings. The van der Waals surface area contributed by atoms with Gasteiger partial charge < -0.3 is 0 Å². The maximum atomic E-state index is 4.21. The van der Waals surface area contributed by atoms with Crippen molar-refractivity contribution in [1.82, 2.24) is 4.98 Å². The van der Waals surface area contributed by atoms with E-state index in [-0.39, 0.29) is 0 Å². The van der Waals surface area contributed by atoms with E-state index in [0.29, 0.717) is 5.41 Å². The lowest BCUT2D eigenvalue weighted by Gasteiger charge is -2.28. The minimum absolute atomic E-state index is 0.455. The van der Waals surface area contributed by atoms with Crippen LogP contribution in [-0.2, 0) is 6.42 Å². The molecule has 1 aromatic rings. The van der Waals surface area contributed by atoms with Gasteiger partial charge in [-0.1, -0.05) is 58.9 Å². The monoisotopic (exact) mass is 233 g/mol. The zero-order valence-corrected chi connectivity index (χ0v) is 11.7. The van der Waals surface area contributed by atoms with Crippen molar-refractivity contribution < 1.29 is 0 Å². The summed E-state index contributed by atoms with van der Waals surface area (Å²) in [6.45, 7) is 7.01. The standard InChI is InChI=1S/C16H27N/c1-4-6-7-8-11-16(3,5-2)13-15-10-9-12-17-14-15/h9-10,12,14H,4-8,11,13H2,1-3H3. The van der Waals surface area contributed by atoms with Crippen molar-refractivity contribution in [2.75, 3.05) is 0 Å². The number of hydrogen-bond acceptors (Lipinski definition) is 1. The summed E-state index contributed by atoms with van der Waals surface area (Å²) in [5, 5.41) is 0. The lowest BCUT2D eigenvalue weighted by atomic mass is 9.77. The molecule has 1 heterocycles. The number of nitrogens with zero attached hydrogens (tertiary/aromatic N) is 1. The Morgan fingerprint density at radius 1 is 1.18 bits per heavy atom. The first-order valence-electron chi connectivity index (χ1n) is 7.09. The minimum atomic E-state index is 0.455. The minimum Gasteiger partial charge on any atom is -0.264 e. The number of hydrogen-bond donors (Lipinski definition) is 0. The van der Waals surface area contributed by atoms with Crippen molar-refractivity contribution in [3.05, 3.63) is 30.1 Å². The quantitative estimate of drug-likeness (QED) is 0.575. The molecule has 0 aromatic carbocycles. The van der Waals surface area contributed by atoms with Gasteiger partial charge in [-0.25, -0.2) is 0 Å². The molecular weight excluding hydrogens is 206 g/mol. The largest absolute Gasteiger partial charge is 0.264 e. The van der Waals surface area contributed by atoms with Crippen molar-refractivity contribution in [3.63, 3.8) is 0 Å². The maximum absolute atomic E-state index is 4.21. The van der Waals surface area contributed by atoms with E-state index in [2.05, 4.69) is 31.8 Å². The van der Waals surface area contributed by atoms with E-state index in [0.717, 1.165) is 0 Å². The van der Waals surface area contributed by atoms with E-state index >= 15 is 0 Å². The van der Waals surface area contributed by atoms with Gasteiger partial charge in [0.15, 0.2) is 0 Å². The molecule has 0 aliphatic rings. The summed E-state index contributed by atoms with van der Waals surface area (Å²) in [5.74, 6) is 0. The Kier molecular flexibility index (Phi) is 6.25. The topological polar surface area (TPSA) is 12.9 Å². The third-order valence-electron chi connectivity index (χ3n) is 3.84. The van der Waals surface area contributed by atoms with E-state index in [9.17, 15) is 0 Å². The molecule has 17 heavy (non-hydrogen) atoms. The van der Waals surface area contributed by atoms with Crippen LogP contribution >= 0.6 is 0 Å². The van der Waals surface area contributed by atoms with Crippen molar-refractivity contribution in [2.24, 2.45) is 5.41 Å². The number of unbranched alkanes of at least 4 members (excludes halogenated alkanes) is 3. The Bertz CT molecular complexity index is 294. The van der Waals surface area contributed by atoms with Crippen LogP contribution in [0.15, 0.2) is 24.5 Å². The van der Waals surface area contributed by atoms with Gasteiger partial charge in [0.05, 0.1) is 0 Å². The average Bonchev–Trinajstić information content (AvgIpc) is 2.36. The maximum Gasteiger partial charge on any atom is 0.0300 e. The molecule has 96 valence electrons. The van der Waals surface area contributed by atoms with Gasteiger partial charge in [0.25, 0.3) is 0 Å². The summed E-state index contributed by atoms with van der Waals surface area (Å²) < 4.78 is 0. The number of aromatic nitrogens is 1. The van der Waals surface area contributed by atoms with Crippen LogP contribution in [0.25, 0.3) is 0 Å². The molecule has 0 saturated heterocycles. The summed E-state index contributed by atoms with van der Waals surface area (Å²) in [4.78, 5) is 4.21. The van der Waals surface area contributed by atoms with Crippen LogP contribution in [0.4, 0.5) is 0 Å². The molecule has 0 N–H and O–H groups in total. The van der Waals surface area contributed by atoms with Gasteiger partial charge >= 0.3 is 0 Å². The van der Waals surface area contributed by atoms with E-state index in [1.807, 2.05) is 18.5 Å². The van der Waals surface area contributed by atoms with Crippen molar-refractivity contribution in [3.8, 4) is 0 Å². The number of pyridine rings is 1. The van der Waals surface area contributed by atoms with Gasteiger partial charge in [-0.15, -0.1) is 0 Å². The first-order chi connectivity index (χ1) is 8.20. The second-order valence-corrected chi connectivity index (χ2v) is 5.51. The molecular formula is C16H27N. The summed E-state index contributed by atoms with van der Waals surface area (Å²) in [5.41, 5.74) is 1.84. The second-order valence-electron chi connectivity index (χ2n) is 5.51. The molecule has 0 spiro atoms. The zero-order chi connectivity index (χ0) is 12.6. The Morgan fingerprint density at radius 2 is 2.00 bits per heavy atom. The van der Waals surface area contributed by atoms with Crippen molar-refractivity contribution in [2.45, 2.75) is 65.7 Å². The first kappa shape index (κ1) is 14.2. The molecule has 1 heteroatoms. The van der Waals surface area contributed by atoms with Crippen LogP contribution in [0.1, 0.15) is 64.9 Å². The second kappa shape index (κ2) is 7.47. The summed E-state index contributed by atoms with van der Waals surface area (Å²) in [6, 6.07) is 4.25. The van der Waals surface area contributed by atoms with E-state index in [1.165, 1.54) is 50.5 Å². The lowest BCUT2D eigenvalue weighted by Crippen LogP contribution is -2.18. The SMILES string of the molecule is CCCCCCC(C)(CC)Cc1cccnc1. The molecule has 0 radical (unpaired) electrons. The van der Waals surface area contributed by atoms with E-state index < -0.39 is 0 Å². The molecule has 1 aromatic heterocycles. The van der Waals surface area contributed by atoms with Gasteiger partial charge in [-0.3, -0.25) is 4.98 Å². The molecule has 1 unspecified atom stereocenters. The van der Waals surface area contributed by atoms with Gasteiger partial charge in [0, 0.05) is 12.4 Å². The van der Waals surface area contributed by atoms with Crippen LogP contribution in [0.3, 0.4) is 0 Å². The smallest absolute Gasteiger partial charge is 0.0300 e. The fraction of sp³-hybridized carbons (Fsp3) is 0.688. The van der Waals surface area contributed by atoms with Gasteiger partial charge in [0.2, 0.25) is 0 Å². The Hall–Kier alpha value is -0.850. The normalized spacial score (nSPS) is 14.5. The van der Waals surface area contributed by atoms with Gasteiger partial charge in [0.1, 0.15) is 0 Å². The summed E-state index contributed by atoms with van der Waals surface area (Å²) >= 11 is 0. The highest BCUT2D eigenvalue weighted by atomic mass is 14.6. The van der Waals surface area contributed by atoms with Crippen molar-refractivity contribution >= 4 is 0 Å². The predicted octanol–water partition coefficient (Wildman–Crippen LogP) is 5.01. The Morgan fingerprint density at radius 3 is 2.59 bits per heavy atom. The molecule has 1 rings (SSSR count). The average molecular weight is 233 g/mol. The van der Waals surface area contributed by atoms with Crippen LogP contribution in [0, 0.1) is 5.41 Å². The fourth-order valence-corrected chi connectivity index (χ4v) is 2.36. The number of rotatable bonds is 8. The fourth-order valence-electron chi connectivity index (χ4n) is 2.36. The molecule has 0 saturated carbocycles. The third-order valence-corrected chi connectivity index (χ3v) is 3.84. The Balaban J connectivity index is 2.45. The molecule has 0 bridgehead atoms. The van der Waals surface area contributed by atoms with Crippen LogP contribution in [0.5, 0.6) is 0 Å². The molecule has 1 nitrogen and oxygen atoms in total. The van der Waals surface area contributed by atoms with Crippen LogP contribution in [-0.4, -0.2) is 4.98 Å². The third kappa shape index (κ3) is 5.34. The van der Waals surface area contributed by atoms with Crippen LogP contribution < -0.4 is 0 Å². The molecule has 0 aliphatic carbocycles. The lowest BCUT2D eigenvalue weighted by molar-refractivity contribution is 0.270. The molecule has 0 aliphatic heterocycles. The van der Waals surface area contributed by atoms with Gasteiger partial charge in [-0.05, 0) is 29.9 Å². The summed E-state index contributed by atoms with van der Waals surface area (Å²) in [7, 11) is 0. The zero-order valence-electron chi connectivity index (χ0n) is 11.7. The molecule has 1 atom stereocenters. The van der Waals surface area contributed by atoms with Crippen molar-refractivity contribution in [1.29, 1.82) is 0 Å². The predicted molar refractivity (Wildman–Crippen MR) is 75.1 cm³/mol. The first-order valence-corrected chi connectivity index (χ1v) is 7.09. The van der Waals surface area contributed by atoms with E-state index in [1.54, 1.807) is 0 Å². The molecule has 0 amide bonds. The highest BCUT2D eigenvalue weighted by Crippen LogP contribution is 2.32. The highest BCUT2D eigenvalue weighted by Gasteiger charge is 2.21. The van der Waals surface area contributed by atoms with Crippen LogP contribution in [0.2, 0.25) is 0 Å². The van der Waals surface area contributed by atoms with E-state index in [4.69, 9.17) is 0 Å². The Labute approximate surface area is 107 Å². The summed E-state index contributed by atoms with van der Waals surface area (Å²) in [6.07, 6.45) is 13.1.